The van der Waals surface area contributed by atoms with E-state index in [0.717, 1.165) is 5.69 Å². The van der Waals surface area contributed by atoms with Crippen LogP contribution in [0.4, 0.5) is 5.69 Å². The van der Waals surface area contributed by atoms with Crippen LogP contribution in [0.2, 0.25) is 10.0 Å². The van der Waals surface area contributed by atoms with E-state index in [1.165, 1.54) is 0 Å². The van der Waals surface area contributed by atoms with Gasteiger partial charge in [-0.3, -0.25) is 0 Å². The highest BCUT2D eigenvalue weighted by atomic mass is 35.5. The Kier molecular flexibility index (Phi) is 4.02. The largest absolute Gasteiger partial charge is 0.475 e. The molecule has 4 nitrogen and oxygen atoms in total. The molecule has 0 atom stereocenters. The van der Waals surface area contributed by atoms with Crippen molar-refractivity contribution in [3.8, 4) is 0 Å². The molecule has 6 heteroatoms. The molecule has 0 saturated heterocycles. The second kappa shape index (κ2) is 5.55. The second-order valence-corrected chi connectivity index (χ2v) is 4.91. The van der Waals surface area contributed by atoms with Gasteiger partial charge in [-0.1, -0.05) is 23.2 Å². The standard InChI is InChI=1S/C13H11Cl2NO3/c1-7-2-11(19-12(7)13(17)18)6-16-10-4-8(14)3-9(15)5-10/h2-5,16H,6H2,1H3,(H,17,18). The lowest BCUT2D eigenvalue weighted by molar-refractivity contribution is 0.0659. The van der Waals surface area contributed by atoms with Gasteiger partial charge in [0.2, 0.25) is 5.76 Å². The lowest BCUT2D eigenvalue weighted by Crippen LogP contribution is -1.98. The summed E-state index contributed by atoms with van der Waals surface area (Å²) < 4.78 is 5.23. The third-order valence-corrected chi connectivity index (χ3v) is 2.93. The minimum atomic E-state index is -1.07. The predicted molar refractivity (Wildman–Crippen MR) is 74.2 cm³/mol. The fraction of sp³-hybridized carbons (Fsp3) is 0.154. The van der Waals surface area contributed by atoms with Crippen LogP contribution in [0.15, 0.2) is 28.7 Å². The van der Waals surface area contributed by atoms with Crippen LogP contribution < -0.4 is 5.32 Å². The predicted octanol–water partition coefficient (Wildman–Crippen LogP) is 4.21. The van der Waals surface area contributed by atoms with E-state index in [2.05, 4.69) is 5.32 Å². The first-order chi connectivity index (χ1) is 8.95. The maximum atomic E-state index is 10.8. The number of aryl methyl sites for hydroxylation is 1. The Bertz CT molecular complexity index is 602. The quantitative estimate of drug-likeness (QED) is 0.888. The van der Waals surface area contributed by atoms with Crippen molar-refractivity contribution in [3.63, 3.8) is 0 Å². The molecule has 1 aromatic heterocycles. The van der Waals surface area contributed by atoms with Gasteiger partial charge >= 0.3 is 5.97 Å². The summed E-state index contributed by atoms with van der Waals surface area (Å²) in [6.45, 7) is 2.04. The maximum Gasteiger partial charge on any atom is 0.372 e. The molecule has 0 saturated carbocycles. The molecule has 0 spiro atoms. The Morgan fingerprint density at radius 2 is 1.89 bits per heavy atom. The summed E-state index contributed by atoms with van der Waals surface area (Å²) in [5.74, 6) is -0.582. The number of carbonyl (C=O) groups is 1. The average molecular weight is 300 g/mol. The van der Waals surface area contributed by atoms with Crippen LogP contribution in [0.25, 0.3) is 0 Å². The number of hydrogen-bond acceptors (Lipinski definition) is 3. The molecule has 0 amide bonds. The van der Waals surface area contributed by atoms with Crippen LogP contribution in [0.3, 0.4) is 0 Å². The zero-order valence-corrected chi connectivity index (χ0v) is 11.5. The number of nitrogens with one attached hydrogen (secondary N) is 1. The molecule has 2 aromatic rings. The van der Waals surface area contributed by atoms with Gasteiger partial charge in [0.1, 0.15) is 5.76 Å². The highest BCUT2D eigenvalue weighted by molar-refractivity contribution is 6.35. The summed E-state index contributed by atoms with van der Waals surface area (Å²) in [6.07, 6.45) is 0. The molecular weight excluding hydrogens is 289 g/mol. The van der Waals surface area contributed by atoms with Gasteiger partial charge in [-0.2, -0.15) is 0 Å². The monoisotopic (exact) mass is 299 g/mol. The molecular formula is C13H11Cl2NO3. The number of halogens is 2. The molecule has 0 aliphatic rings. The van der Waals surface area contributed by atoms with Crippen molar-refractivity contribution in [2.45, 2.75) is 13.5 Å². The third kappa shape index (κ3) is 3.43. The van der Waals surface area contributed by atoms with Crippen LogP contribution in [0, 0.1) is 6.92 Å². The van der Waals surface area contributed by atoms with E-state index >= 15 is 0 Å². The van der Waals surface area contributed by atoms with Crippen LogP contribution in [-0.2, 0) is 6.54 Å². The van der Waals surface area contributed by atoms with Gasteiger partial charge in [-0.15, -0.1) is 0 Å². The Morgan fingerprint density at radius 1 is 1.26 bits per heavy atom. The summed E-state index contributed by atoms with van der Waals surface area (Å²) in [5, 5.41) is 13.0. The first-order valence-corrected chi connectivity index (χ1v) is 6.24. The van der Waals surface area contributed by atoms with Crippen LogP contribution >= 0.6 is 23.2 Å². The highest BCUT2D eigenvalue weighted by Gasteiger charge is 2.14. The number of carboxylic acids is 1. The lowest BCUT2D eigenvalue weighted by atomic mass is 10.2. The van der Waals surface area contributed by atoms with Crippen molar-refractivity contribution in [2.24, 2.45) is 0 Å². The minimum Gasteiger partial charge on any atom is -0.475 e. The molecule has 0 bridgehead atoms. The van der Waals surface area contributed by atoms with Gasteiger partial charge in [-0.25, -0.2) is 4.79 Å². The number of furan rings is 1. The molecule has 2 rings (SSSR count). The summed E-state index contributed by atoms with van der Waals surface area (Å²) >= 11 is 11.8. The Labute approximate surface area is 119 Å². The maximum absolute atomic E-state index is 10.8. The van der Waals surface area contributed by atoms with E-state index in [9.17, 15) is 4.79 Å². The lowest BCUT2D eigenvalue weighted by Gasteiger charge is -2.05. The normalized spacial score (nSPS) is 10.5. The van der Waals surface area contributed by atoms with Crippen molar-refractivity contribution in [2.75, 3.05) is 5.32 Å². The number of carboxylic acid groups (broad SMARTS) is 1. The second-order valence-electron chi connectivity index (χ2n) is 4.04. The smallest absolute Gasteiger partial charge is 0.372 e. The van der Waals surface area contributed by atoms with E-state index in [0.29, 0.717) is 27.9 Å². The van der Waals surface area contributed by atoms with Crippen LogP contribution in [0.1, 0.15) is 21.9 Å². The van der Waals surface area contributed by atoms with Gasteiger partial charge in [0, 0.05) is 21.3 Å². The summed E-state index contributed by atoms with van der Waals surface area (Å²) in [5.41, 5.74) is 1.33. The van der Waals surface area contributed by atoms with Gasteiger partial charge in [0.05, 0.1) is 6.54 Å². The molecule has 0 aliphatic heterocycles. The molecule has 0 aliphatic carbocycles. The van der Waals surface area contributed by atoms with Gasteiger partial charge in [0.25, 0.3) is 0 Å². The van der Waals surface area contributed by atoms with E-state index in [1.54, 1.807) is 31.2 Å². The van der Waals surface area contributed by atoms with Crippen molar-refractivity contribution in [1.29, 1.82) is 0 Å². The molecule has 19 heavy (non-hydrogen) atoms. The van der Waals surface area contributed by atoms with E-state index in [4.69, 9.17) is 32.7 Å². The van der Waals surface area contributed by atoms with Crippen LogP contribution in [0.5, 0.6) is 0 Å². The molecule has 2 N–H and O–H groups in total. The third-order valence-electron chi connectivity index (χ3n) is 2.49. The molecule has 1 aromatic carbocycles. The fourth-order valence-corrected chi connectivity index (χ4v) is 2.22. The van der Waals surface area contributed by atoms with Gasteiger partial charge < -0.3 is 14.8 Å². The fourth-order valence-electron chi connectivity index (χ4n) is 1.69. The number of anilines is 1. The van der Waals surface area contributed by atoms with E-state index in [-0.39, 0.29) is 5.76 Å². The Balaban J connectivity index is 2.10. The van der Waals surface area contributed by atoms with Crippen molar-refractivity contribution < 1.29 is 14.3 Å². The SMILES string of the molecule is Cc1cc(CNc2cc(Cl)cc(Cl)c2)oc1C(=O)O. The van der Waals surface area contributed by atoms with Crippen molar-refractivity contribution in [3.05, 3.63) is 51.4 Å². The first-order valence-electron chi connectivity index (χ1n) is 5.48. The number of benzene rings is 1. The number of aromatic carboxylic acids is 1. The van der Waals surface area contributed by atoms with Crippen molar-refractivity contribution >= 4 is 34.9 Å². The van der Waals surface area contributed by atoms with Crippen LogP contribution in [-0.4, -0.2) is 11.1 Å². The van der Waals surface area contributed by atoms with E-state index in [1.807, 2.05) is 0 Å². The zero-order chi connectivity index (χ0) is 14.0. The molecule has 0 radical (unpaired) electrons. The highest BCUT2D eigenvalue weighted by Crippen LogP contribution is 2.23. The molecule has 100 valence electrons. The topological polar surface area (TPSA) is 62.5 Å². The first kappa shape index (κ1) is 13.8. The Hall–Kier alpha value is -1.65. The van der Waals surface area contributed by atoms with E-state index < -0.39 is 5.97 Å². The summed E-state index contributed by atoms with van der Waals surface area (Å²) in [7, 11) is 0. The summed E-state index contributed by atoms with van der Waals surface area (Å²) in [6, 6.07) is 6.76. The number of rotatable bonds is 4. The van der Waals surface area contributed by atoms with Crippen molar-refractivity contribution in [1.82, 2.24) is 0 Å². The molecule has 0 fully saturated rings. The Morgan fingerprint density at radius 3 is 2.42 bits per heavy atom. The molecule has 1 heterocycles. The number of hydrogen-bond donors (Lipinski definition) is 2. The minimum absolute atomic E-state index is 0.0408. The molecule has 0 unspecified atom stereocenters. The average Bonchev–Trinajstić information content (AvgIpc) is 2.67. The van der Waals surface area contributed by atoms with Gasteiger partial charge in [-0.05, 0) is 31.2 Å². The van der Waals surface area contributed by atoms with Gasteiger partial charge in [0.15, 0.2) is 0 Å². The zero-order valence-electron chi connectivity index (χ0n) is 10.0. The summed E-state index contributed by atoms with van der Waals surface area (Å²) in [4.78, 5) is 10.8.